The molecule has 0 spiro atoms. The minimum atomic E-state index is -0.810. The van der Waals surface area contributed by atoms with E-state index in [0.717, 1.165) is 36.2 Å². The summed E-state index contributed by atoms with van der Waals surface area (Å²) in [5.41, 5.74) is 2.39. The van der Waals surface area contributed by atoms with Crippen molar-refractivity contribution in [3.05, 3.63) is 29.3 Å². The summed E-state index contributed by atoms with van der Waals surface area (Å²) in [6.07, 6.45) is 5.20. The van der Waals surface area contributed by atoms with Gasteiger partial charge in [-0.25, -0.2) is 4.79 Å². The summed E-state index contributed by atoms with van der Waals surface area (Å²) in [7, 11) is 0. The number of benzene rings is 1. The molecule has 0 aromatic heterocycles. The standard InChI is InChI=1S/C16H21NO2/c1-11-2-7-15(14(8-11)16(18)19)17(9-12-3-4-12)10-13-5-6-13/h2,7-8,12-13H,3-6,9-10H2,1H3,(H,18,19). The van der Waals surface area contributed by atoms with E-state index in [0.29, 0.717) is 5.56 Å². The van der Waals surface area contributed by atoms with Gasteiger partial charge in [0.2, 0.25) is 0 Å². The number of anilines is 1. The number of hydrogen-bond acceptors (Lipinski definition) is 2. The summed E-state index contributed by atoms with van der Waals surface area (Å²) >= 11 is 0. The fraction of sp³-hybridized carbons (Fsp3) is 0.562. The number of carbonyl (C=O) groups is 1. The number of aryl methyl sites for hydroxylation is 1. The lowest BCUT2D eigenvalue weighted by molar-refractivity contribution is 0.0697. The molecule has 3 nitrogen and oxygen atoms in total. The third-order valence-electron chi connectivity index (χ3n) is 4.07. The van der Waals surface area contributed by atoms with Crippen LogP contribution in [0.1, 0.15) is 41.6 Å². The summed E-state index contributed by atoms with van der Waals surface area (Å²) < 4.78 is 0. The Morgan fingerprint density at radius 1 is 1.21 bits per heavy atom. The van der Waals surface area contributed by atoms with Crippen molar-refractivity contribution in [3.63, 3.8) is 0 Å². The summed E-state index contributed by atoms with van der Waals surface area (Å²) in [6, 6.07) is 5.81. The van der Waals surface area contributed by atoms with Gasteiger partial charge in [-0.15, -0.1) is 0 Å². The van der Waals surface area contributed by atoms with Crippen molar-refractivity contribution in [1.82, 2.24) is 0 Å². The molecule has 2 saturated carbocycles. The molecule has 3 rings (SSSR count). The van der Waals surface area contributed by atoms with E-state index >= 15 is 0 Å². The van der Waals surface area contributed by atoms with Crippen molar-refractivity contribution in [2.75, 3.05) is 18.0 Å². The van der Waals surface area contributed by atoms with Crippen molar-refractivity contribution < 1.29 is 9.90 Å². The van der Waals surface area contributed by atoms with Crippen molar-refractivity contribution in [2.45, 2.75) is 32.6 Å². The van der Waals surface area contributed by atoms with E-state index in [1.54, 1.807) is 6.07 Å². The summed E-state index contributed by atoms with van der Waals surface area (Å²) in [6.45, 7) is 4.00. The maximum absolute atomic E-state index is 11.5. The number of aromatic carboxylic acids is 1. The fourth-order valence-electron chi connectivity index (χ4n) is 2.59. The second-order valence-corrected chi connectivity index (χ2v) is 6.12. The Morgan fingerprint density at radius 3 is 2.26 bits per heavy atom. The molecule has 0 bridgehead atoms. The van der Waals surface area contributed by atoms with Gasteiger partial charge < -0.3 is 10.0 Å². The molecule has 3 heteroatoms. The molecule has 0 heterocycles. The molecule has 0 saturated heterocycles. The van der Waals surface area contributed by atoms with Crippen LogP contribution in [0.4, 0.5) is 5.69 Å². The molecule has 1 aromatic carbocycles. The molecule has 19 heavy (non-hydrogen) atoms. The number of carboxylic acid groups (broad SMARTS) is 1. The maximum atomic E-state index is 11.5. The van der Waals surface area contributed by atoms with Gasteiger partial charge >= 0.3 is 5.97 Å². The van der Waals surface area contributed by atoms with E-state index in [4.69, 9.17) is 0 Å². The Labute approximate surface area is 114 Å². The number of nitrogens with zero attached hydrogens (tertiary/aromatic N) is 1. The van der Waals surface area contributed by atoms with Crippen LogP contribution in [-0.2, 0) is 0 Å². The smallest absolute Gasteiger partial charge is 0.337 e. The van der Waals surface area contributed by atoms with Crippen LogP contribution in [-0.4, -0.2) is 24.2 Å². The Kier molecular flexibility index (Phi) is 3.21. The lowest BCUT2D eigenvalue weighted by atomic mass is 10.1. The van der Waals surface area contributed by atoms with E-state index in [1.807, 2.05) is 19.1 Å². The molecular weight excluding hydrogens is 238 g/mol. The van der Waals surface area contributed by atoms with Crippen molar-refractivity contribution in [1.29, 1.82) is 0 Å². The Hall–Kier alpha value is -1.51. The first-order valence-electron chi connectivity index (χ1n) is 7.22. The van der Waals surface area contributed by atoms with Crippen LogP contribution in [0.2, 0.25) is 0 Å². The average Bonchev–Trinajstić information content (AvgIpc) is 3.23. The SMILES string of the molecule is Cc1ccc(N(CC2CC2)CC2CC2)c(C(=O)O)c1. The number of hydrogen-bond donors (Lipinski definition) is 1. The first-order valence-corrected chi connectivity index (χ1v) is 7.22. The number of carboxylic acids is 1. The van der Waals surface area contributed by atoms with Crippen LogP contribution in [0.3, 0.4) is 0 Å². The molecule has 0 radical (unpaired) electrons. The third-order valence-corrected chi connectivity index (χ3v) is 4.07. The Bertz CT molecular complexity index is 476. The van der Waals surface area contributed by atoms with Gasteiger partial charge in [0.15, 0.2) is 0 Å². The van der Waals surface area contributed by atoms with Crippen molar-refractivity contribution >= 4 is 11.7 Å². The van der Waals surface area contributed by atoms with Crippen LogP contribution < -0.4 is 4.90 Å². The van der Waals surface area contributed by atoms with Gasteiger partial charge in [0.25, 0.3) is 0 Å². The zero-order chi connectivity index (χ0) is 13.4. The van der Waals surface area contributed by atoms with Gasteiger partial charge in [-0.1, -0.05) is 11.6 Å². The van der Waals surface area contributed by atoms with Gasteiger partial charge in [0, 0.05) is 13.1 Å². The molecular formula is C16H21NO2. The van der Waals surface area contributed by atoms with Crippen molar-refractivity contribution in [3.8, 4) is 0 Å². The molecule has 2 fully saturated rings. The highest BCUT2D eigenvalue weighted by molar-refractivity contribution is 5.94. The highest BCUT2D eigenvalue weighted by Crippen LogP contribution is 2.36. The molecule has 1 N–H and O–H groups in total. The third kappa shape index (κ3) is 3.09. The molecule has 0 unspecified atom stereocenters. The quantitative estimate of drug-likeness (QED) is 0.852. The van der Waals surface area contributed by atoms with Crippen LogP contribution in [0.15, 0.2) is 18.2 Å². The van der Waals surface area contributed by atoms with Gasteiger partial charge in [0.1, 0.15) is 0 Å². The van der Waals surface area contributed by atoms with E-state index in [-0.39, 0.29) is 0 Å². The van der Waals surface area contributed by atoms with Gasteiger partial charge in [-0.2, -0.15) is 0 Å². The molecule has 102 valence electrons. The molecule has 2 aliphatic carbocycles. The molecule has 2 aliphatic rings. The lowest BCUT2D eigenvalue weighted by Crippen LogP contribution is -2.29. The van der Waals surface area contributed by atoms with Crippen molar-refractivity contribution in [2.24, 2.45) is 11.8 Å². The second kappa shape index (κ2) is 4.87. The summed E-state index contributed by atoms with van der Waals surface area (Å²) in [5, 5.41) is 9.41. The van der Waals surface area contributed by atoms with E-state index in [1.165, 1.54) is 25.7 Å². The van der Waals surface area contributed by atoms with Crippen LogP contribution in [0, 0.1) is 18.8 Å². The molecule has 1 aromatic rings. The first kappa shape index (κ1) is 12.5. The normalized spacial score (nSPS) is 18.4. The van der Waals surface area contributed by atoms with E-state index in [9.17, 15) is 9.90 Å². The van der Waals surface area contributed by atoms with E-state index < -0.39 is 5.97 Å². The van der Waals surface area contributed by atoms with Crippen LogP contribution in [0.25, 0.3) is 0 Å². The van der Waals surface area contributed by atoms with Crippen LogP contribution in [0.5, 0.6) is 0 Å². The second-order valence-electron chi connectivity index (χ2n) is 6.12. The predicted molar refractivity (Wildman–Crippen MR) is 75.8 cm³/mol. The first-order chi connectivity index (χ1) is 9.13. The van der Waals surface area contributed by atoms with E-state index in [2.05, 4.69) is 4.90 Å². The van der Waals surface area contributed by atoms with Gasteiger partial charge in [-0.05, 0) is 56.6 Å². The fourth-order valence-corrected chi connectivity index (χ4v) is 2.59. The largest absolute Gasteiger partial charge is 0.478 e. The number of rotatable bonds is 6. The Balaban J connectivity index is 1.88. The average molecular weight is 259 g/mol. The van der Waals surface area contributed by atoms with Crippen LogP contribution >= 0.6 is 0 Å². The Morgan fingerprint density at radius 2 is 1.79 bits per heavy atom. The zero-order valence-electron chi connectivity index (χ0n) is 11.4. The maximum Gasteiger partial charge on any atom is 0.337 e. The minimum Gasteiger partial charge on any atom is -0.478 e. The molecule has 0 aliphatic heterocycles. The lowest BCUT2D eigenvalue weighted by Gasteiger charge is -2.26. The predicted octanol–water partition coefficient (Wildman–Crippen LogP) is 3.32. The zero-order valence-corrected chi connectivity index (χ0v) is 11.4. The minimum absolute atomic E-state index is 0.460. The van der Waals surface area contributed by atoms with Gasteiger partial charge in [-0.3, -0.25) is 0 Å². The summed E-state index contributed by atoms with van der Waals surface area (Å²) in [5.74, 6) is 0.749. The monoisotopic (exact) mass is 259 g/mol. The topological polar surface area (TPSA) is 40.5 Å². The summed E-state index contributed by atoms with van der Waals surface area (Å²) in [4.78, 5) is 13.8. The highest BCUT2D eigenvalue weighted by atomic mass is 16.4. The molecule has 0 atom stereocenters. The highest BCUT2D eigenvalue weighted by Gasteiger charge is 2.30. The molecule has 0 amide bonds. The van der Waals surface area contributed by atoms with Gasteiger partial charge in [0.05, 0.1) is 11.3 Å².